The average molecular weight is 300 g/mol. The molecule has 0 aliphatic heterocycles. The maximum absolute atomic E-state index is 12.2. The molecule has 0 fully saturated rings. The van der Waals surface area contributed by atoms with Gasteiger partial charge in [-0.2, -0.15) is 13.1 Å². The van der Waals surface area contributed by atoms with Crippen LogP contribution in [0.15, 0.2) is 30.3 Å². The second-order valence-electron chi connectivity index (χ2n) is 5.20. The Morgan fingerprint density at radius 3 is 2.20 bits per heavy atom. The lowest BCUT2D eigenvalue weighted by Gasteiger charge is -2.24. The van der Waals surface area contributed by atoms with Gasteiger partial charge in [-0.05, 0) is 26.3 Å². The molecule has 1 aromatic carbocycles. The number of ether oxygens (including phenoxy) is 1. The van der Waals surface area contributed by atoms with Gasteiger partial charge in [0.15, 0.2) is 0 Å². The Hall–Kier alpha value is -1.44. The van der Waals surface area contributed by atoms with Gasteiger partial charge in [0.05, 0.1) is 0 Å². The summed E-state index contributed by atoms with van der Waals surface area (Å²) in [4.78, 5) is 12.2. The molecular weight excluding hydrogens is 280 g/mol. The topological polar surface area (TPSA) is 84.5 Å². The van der Waals surface area contributed by atoms with Crippen LogP contribution in [-0.2, 0) is 19.7 Å². The Balaban J connectivity index is 3.06. The molecule has 7 heteroatoms. The van der Waals surface area contributed by atoms with Gasteiger partial charge in [0.1, 0.15) is 11.6 Å². The van der Waals surface area contributed by atoms with E-state index in [1.54, 1.807) is 51.1 Å². The molecule has 0 aromatic heterocycles. The SMILES string of the molecule is CNS(=O)(=O)N[C@@H](C(=O)OC(C)(C)C)c1ccccc1. The fourth-order valence-electron chi connectivity index (χ4n) is 1.47. The summed E-state index contributed by atoms with van der Waals surface area (Å²) in [5.74, 6) is -0.650. The van der Waals surface area contributed by atoms with E-state index in [1.165, 1.54) is 7.05 Å². The maximum atomic E-state index is 12.2. The third-order valence-electron chi connectivity index (χ3n) is 2.32. The first-order valence-electron chi connectivity index (χ1n) is 6.13. The molecule has 0 saturated heterocycles. The Kier molecular flexibility index (Phi) is 5.27. The first-order valence-corrected chi connectivity index (χ1v) is 7.61. The molecule has 1 aromatic rings. The summed E-state index contributed by atoms with van der Waals surface area (Å²) < 4.78 is 32.9. The van der Waals surface area contributed by atoms with Gasteiger partial charge in [0.25, 0.3) is 10.2 Å². The molecule has 20 heavy (non-hydrogen) atoms. The molecule has 0 heterocycles. The predicted molar refractivity (Wildman–Crippen MR) is 76.1 cm³/mol. The number of nitrogens with one attached hydrogen (secondary N) is 2. The monoisotopic (exact) mass is 300 g/mol. The zero-order valence-corrected chi connectivity index (χ0v) is 12.8. The van der Waals surface area contributed by atoms with E-state index in [0.29, 0.717) is 5.56 Å². The molecule has 1 rings (SSSR count). The van der Waals surface area contributed by atoms with Gasteiger partial charge in [0, 0.05) is 7.05 Å². The number of rotatable bonds is 5. The summed E-state index contributed by atoms with van der Waals surface area (Å²) >= 11 is 0. The van der Waals surface area contributed by atoms with Crippen molar-refractivity contribution < 1.29 is 17.9 Å². The highest BCUT2D eigenvalue weighted by atomic mass is 32.2. The van der Waals surface area contributed by atoms with Crippen molar-refractivity contribution in [3.05, 3.63) is 35.9 Å². The molecular formula is C13H20N2O4S. The van der Waals surface area contributed by atoms with Crippen LogP contribution >= 0.6 is 0 Å². The van der Waals surface area contributed by atoms with E-state index >= 15 is 0 Å². The van der Waals surface area contributed by atoms with Crippen molar-refractivity contribution in [1.82, 2.24) is 9.44 Å². The number of carbonyl (C=O) groups is 1. The van der Waals surface area contributed by atoms with E-state index in [-0.39, 0.29) is 0 Å². The minimum absolute atomic E-state index is 0.514. The molecule has 0 unspecified atom stereocenters. The number of carbonyl (C=O) groups excluding carboxylic acids is 1. The molecule has 0 bridgehead atoms. The third kappa shape index (κ3) is 5.28. The highest BCUT2D eigenvalue weighted by Gasteiger charge is 2.29. The summed E-state index contributed by atoms with van der Waals surface area (Å²) in [5.41, 5.74) is -0.185. The van der Waals surface area contributed by atoms with Gasteiger partial charge in [-0.1, -0.05) is 30.3 Å². The van der Waals surface area contributed by atoms with Crippen LogP contribution in [0.3, 0.4) is 0 Å². The lowest BCUT2D eigenvalue weighted by Crippen LogP contribution is -2.42. The van der Waals surface area contributed by atoms with Crippen LogP contribution in [0.4, 0.5) is 0 Å². The smallest absolute Gasteiger partial charge is 0.329 e. The summed E-state index contributed by atoms with van der Waals surface area (Å²) in [5, 5.41) is 0. The van der Waals surface area contributed by atoms with Crippen LogP contribution in [-0.4, -0.2) is 27.0 Å². The molecule has 0 saturated carbocycles. The van der Waals surface area contributed by atoms with Gasteiger partial charge in [-0.15, -0.1) is 0 Å². The minimum atomic E-state index is -3.77. The zero-order chi connectivity index (χ0) is 15.4. The normalized spacial score (nSPS) is 13.8. The Morgan fingerprint density at radius 2 is 1.75 bits per heavy atom. The number of hydrogen-bond acceptors (Lipinski definition) is 4. The standard InChI is InChI=1S/C13H20N2O4S/c1-13(2,3)19-12(16)11(15-20(17,18)14-4)10-8-6-5-7-9-10/h5-9,11,14-15H,1-4H3/t11-/m1/s1. The van der Waals surface area contributed by atoms with E-state index in [2.05, 4.69) is 9.44 Å². The highest BCUT2D eigenvalue weighted by molar-refractivity contribution is 7.87. The second-order valence-corrected chi connectivity index (χ2v) is 6.85. The Bertz CT molecular complexity index is 549. The van der Waals surface area contributed by atoms with E-state index in [9.17, 15) is 13.2 Å². The van der Waals surface area contributed by atoms with E-state index in [4.69, 9.17) is 4.74 Å². The lowest BCUT2D eigenvalue weighted by molar-refractivity contribution is -0.157. The van der Waals surface area contributed by atoms with Crippen molar-refractivity contribution in [2.45, 2.75) is 32.4 Å². The average Bonchev–Trinajstić information content (AvgIpc) is 2.35. The van der Waals surface area contributed by atoms with Crippen molar-refractivity contribution in [2.24, 2.45) is 0 Å². The van der Waals surface area contributed by atoms with Gasteiger partial charge in [0.2, 0.25) is 0 Å². The van der Waals surface area contributed by atoms with Crippen molar-refractivity contribution in [1.29, 1.82) is 0 Å². The summed E-state index contributed by atoms with van der Waals surface area (Å²) in [7, 11) is -2.50. The van der Waals surface area contributed by atoms with Crippen molar-refractivity contribution >= 4 is 16.2 Å². The predicted octanol–water partition coefficient (Wildman–Crippen LogP) is 1.12. The molecule has 0 spiro atoms. The number of benzene rings is 1. The van der Waals surface area contributed by atoms with Crippen molar-refractivity contribution in [2.75, 3.05) is 7.05 Å². The summed E-state index contributed by atoms with van der Waals surface area (Å²) in [6.07, 6.45) is 0. The molecule has 0 radical (unpaired) electrons. The minimum Gasteiger partial charge on any atom is -0.459 e. The van der Waals surface area contributed by atoms with Crippen LogP contribution in [0.25, 0.3) is 0 Å². The fourth-order valence-corrected chi connectivity index (χ4v) is 2.13. The highest BCUT2D eigenvalue weighted by Crippen LogP contribution is 2.19. The third-order valence-corrected chi connectivity index (χ3v) is 3.40. The van der Waals surface area contributed by atoms with Gasteiger partial charge in [-0.25, -0.2) is 9.52 Å². The van der Waals surface area contributed by atoms with Crippen LogP contribution in [0, 0.1) is 0 Å². The Labute approximate surface area is 119 Å². The van der Waals surface area contributed by atoms with Crippen molar-refractivity contribution in [3.63, 3.8) is 0 Å². The first kappa shape index (κ1) is 16.6. The molecule has 112 valence electrons. The molecule has 0 aliphatic carbocycles. The number of hydrogen-bond donors (Lipinski definition) is 2. The van der Waals surface area contributed by atoms with Crippen LogP contribution in [0.5, 0.6) is 0 Å². The van der Waals surface area contributed by atoms with Gasteiger partial charge >= 0.3 is 5.97 Å². The largest absolute Gasteiger partial charge is 0.459 e. The van der Waals surface area contributed by atoms with Crippen LogP contribution < -0.4 is 9.44 Å². The molecule has 2 N–H and O–H groups in total. The van der Waals surface area contributed by atoms with Gasteiger partial charge in [-0.3, -0.25) is 0 Å². The first-order chi connectivity index (χ1) is 9.14. The zero-order valence-electron chi connectivity index (χ0n) is 12.0. The molecule has 0 amide bonds. The van der Waals surface area contributed by atoms with Gasteiger partial charge < -0.3 is 4.74 Å². The maximum Gasteiger partial charge on any atom is 0.329 e. The molecule has 0 aliphatic rings. The van der Waals surface area contributed by atoms with E-state index in [1.807, 2.05) is 0 Å². The lowest BCUT2D eigenvalue weighted by atomic mass is 10.1. The Morgan fingerprint density at radius 1 is 1.20 bits per heavy atom. The quantitative estimate of drug-likeness (QED) is 0.798. The van der Waals surface area contributed by atoms with Crippen molar-refractivity contribution in [3.8, 4) is 0 Å². The van der Waals surface area contributed by atoms with Crippen LogP contribution in [0.1, 0.15) is 32.4 Å². The number of esters is 1. The van der Waals surface area contributed by atoms with Crippen LogP contribution in [0.2, 0.25) is 0 Å². The summed E-state index contributed by atoms with van der Waals surface area (Å²) in [6.45, 7) is 5.17. The van der Waals surface area contributed by atoms with E-state index < -0.39 is 27.8 Å². The fraction of sp³-hybridized carbons (Fsp3) is 0.462. The van der Waals surface area contributed by atoms with E-state index in [0.717, 1.165) is 0 Å². The molecule has 1 atom stereocenters. The second kappa shape index (κ2) is 6.34. The summed E-state index contributed by atoms with van der Waals surface area (Å²) in [6, 6.07) is 7.45. The molecule has 6 nitrogen and oxygen atoms in total.